The number of fused-ring (bicyclic) bond motifs is 3. The zero-order valence-electron chi connectivity index (χ0n) is 18.2. The van der Waals surface area contributed by atoms with Gasteiger partial charge in [-0.15, -0.1) is 0 Å². The lowest BCUT2D eigenvalue weighted by Crippen LogP contribution is -2.40. The van der Waals surface area contributed by atoms with Crippen LogP contribution in [0, 0.1) is 0 Å². The standard InChI is InChI=1S/C24H22ClN5O3/c1-3-33-13-12-28-22(31)20-21(27(2)24(28)32)26-23-29(20)15-19(16-8-5-4-6-9-16)30(23)18-11-7-10-17(25)14-18/h4-11,14-15H,3,12-13H2,1-2H3. The van der Waals surface area contributed by atoms with Crippen molar-refractivity contribution in [2.45, 2.75) is 13.5 Å². The van der Waals surface area contributed by atoms with Crippen molar-refractivity contribution in [2.24, 2.45) is 7.05 Å². The van der Waals surface area contributed by atoms with E-state index in [1.165, 1.54) is 9.13 Å². The van der Waals surface area contributed by atoms with Crippen LogP contribution in [0.4, 0.5) is 0 Å². The maximum atomic E-state index is 13.4. The van der Waals surface area contributed by atoms with Gasteiger partial charge in [0.05, 0.1) is 24.5 Å². The molecule has 0 saturated carbocycles. The van der Waals surface area contributed by atoms with Crippen molar-refractivity contribution in [2.75, 3.05) is 13.2 Å². The number of aryl methyl sites for hydroxylation is 1. The Hall–Kier alpha value is -3.62. The van der Waals surface area contributed by atoms with Crippen LogP contribution in [0.15, 0.2) is 70.4 Å². The van der Waals surface area contributed by atoms with E-state index < -0.39 is 11.2 Å². The van der Waals surface area contributed by atoms with Crippen molar-refractivity contribution in [3.05, 3.63) is 86.7 Å². The third-order valence-corrected chi connectivity index (χ3v) is 5.88. The largest absolute Gasteiger partial charge is 0.380 e. The molecule has 3 aromatic heterocycles. The number of hydrogen-bond donors (Lipinski definition) is 0. The van der Waals surface area contributed by atoms with E-state index in [9.17, 15) is 9.59 Å². The topological polar surface area (TPSA) is 75.5 Å². The molecule has 0 aliphatic heterocycles. The van der Waals surface area contributed by atoms with Crippen LogP contribution < -0.4 is 11.2 Å². The van der Waals surface area contributed by atoms with Gasteiger partial charge in [-0.3, -0.25) is 22.9 Å². The number of rotatable bonds is 6. The van der Waals surface area contributed by atoms with Crippen LogP contribution in [0.5, 0.6) is 0 Å². The van der Waals surface area contributed by atoms with Crippen molar-refractivity contribution in [3.63, 3.8) is 0 Å². The number of halogens is 1. The van der Waals surface area contributed by atoms with Gasteiger partial charge in [0, 0.05) is 30.4 Å². The highest BCUT2D eigenvalue weighted by Gasteiger charge is 2.22. The highest BCUT2D eigenvalue weighted by molar-refractivity contribution is 6.30. The third-order valence-electron chi connectivity index (χ3n) is 5.65. The number of imidazole rings is 2. The SMILES string of the molecule is CCOCCn1c(=O)c2c(nc3n(-c4cccc(Cl)c4)c(-c4ccccc4)cn23)n(C)c1=O. The minimum Gasteiger partial charge on any atom is -0.380 e. The van der Waals surface area contributed by atoms with Crippen LogP contribution >= 0.6 is 11.6 Å². The number of hydrogen-bond acceptors (Lipinski definition) is 4. The van der Waals surface area contributed by atoms with E-state index in [4.69, 9.17) is 21.3 Å². The Morgan fingerprint density at radius 2 is 1.85 bits per heavy atom. The zero-order valence-corrected chi connectivity index (χ0v) is 19.0. The molecule has 0 unspecified atom stereocenters. The second kappa shape index (κ2) is 8.38. The number of nitrogens with zero attached hydrogens (tertiary/aromatic N) is 5. The van der Waals surface area contributed by atoms with Crippen molar-refractivity contribution in [1.82, 2.24) is 23.1 Å². The fraction of sp³-hybridized carbons (Fsp3) is 0.208. The summed E-state index contributed by atoms with van der Waals surface area (Å²) in [6.45, 7) is 2.83. The first-order valence-electron chi connectivity index (χ1n) is 10.6. The van der Waals surface area contributed by atoms with E-state index in [1.54, 1.807) is 17.5 Å². The molecule has 3 heterocycles. The molecule has 0 fully saturated rings. The van der Waals surface area contributed by atoms with E-state index in [0.29, 0.717) is 28.6 Å². The van der Waals surface area contributed by atoms with Crippen LogP contribution in [0.3, 0.4) is 0 Å². The summed E-state index contributed by atoms with van der Waals surface area (Å²) in [5, 5.41) is 0.583. The van der Waals surface area contributed by atoms with Gasteiger partial charge in [0.2, 0.25) is 5.78 Å². The van der Waals surface area contributed by atoms with Gasteiger partial charge in [-0.05, 0) is 25.1 Å². The predicted octanol–water partition coefficient (Wildman–Crippen LogP) is 3.50. The zero-order chi connectivity index (χ0) is 23.1. The fourth-order valence-corrected chi connectivity index (χ4v) is 4.26. The molecule has 5 rings (SSSR count). The van der Waals surface area contributed by atoms with Gasteiger partial charge in [-0.2, -0.15) is 4.98 Å². The Morgan fingerprint density at radius 3 is 2.58 bits per heavy atom. The minimum atomic E-state index is -0.425. The molecule has 0 saturated heterocycles. The molecular formula is C24H22ClN5O3. The summed E-state index contributed by atoms with van der Waals surface area (Å²) in [7, 11) is 1.62. The maximum Gasteiger partial charge on any atom is 0.332 e. The summed E-state index contributed by atoms with van der Waals surface area (Å²) in [5.74, 6) is 0.515. The predicted molar refractivity (Wildman–Crippen MR) is 128 cm³/mol. The monoisotopic (exact) mass is 463 g/mol. The lowest BCUT2D eigenvalue weighted by atomic mass is 10.1. The molecule has 9 heteroatoms. The van der Waals surface area contributed by atoms with Gasteiger partial charge in [0.15, 0.2) is 11.2 Å². The molecule has 0 atom stereocenters. The molecule has 168 valence electrons. The summed E-state index contributed by atoms with van der Waals surface area (Å²) in [5.41, 5.74) is 2.43. The molecule has 0 spiro atoms. The highest BCUT2D eigenvalue weighted by Crippen LogP contribution is 2.29. The van der Waals surface area contributed by atoms with Gasteiger partial charge in [-0.25, -0.2) is 4.79 Å². The molecule has 0 amide bonds. The summed E-state index contributed by atoms with van der Waals surface area (Å²) >= 11 is 6.29. The van der Waals surface area contributed by atoms with Gasteiger partial charge in [0.25, 0.3) is 5.56 Å². The first kappa shape index (κ1) is 21.2. The van der Waals surface area contributed by atoms with Crippen LogP contribution in [-0.2, 0) is 18.3 Å². The van der Waals surface area contributed by atoms with Gasteiger partial charge in [0.1, 0.15) is 0 Å². The summed E-state index contributed by atoms with van der Waals surface area (Å²) in [4.78, 5) is 31.0. The summed E-state index contributed by atoms with van der Waals surface area (Å²) in [6, 6.07) is 17.3. The second-order valence-corrected chi connectivity index (χ2v) is 8.08. The Balaban J connectivity index is 1.86. The Kier molecular flexibility index (Phi) is 5.39. The summed E-state index contributed by atoms with van der Waals surface area (Å²) in [6.07, 6.45) is 1.87. The van der Waals surface area contributed by atoms with E-state index in [2.05, 4.69) is 0 Å². The number of ether oxygens (including phenoxy) is 1. The molecule has 0 N–H and O–H groups in total. The maximum absolute atomic E-state index is 13.4. The molecule has 2 aromatic carbocycles. The smallest absolute Gasteiger partial charge is 0.332 e. The van der Waals surface area contributed by atoms with Crippen LogP contribution in [0.2, 0.25) is 5.02 Å². The molecule has 0 radical (unpaired) electrons. The normalized spacial score (nSPS) is 11.6. The van der Waals surface area contributed by atoms with E-state index in [-0.39, 0.29) is 13.2 Å². The molecule has 0 aliphatic carbocycles. The Labute approximate surface area is 193 Å². The van der Waals surface area contributed by atoms with Gasteiger partial charge < -0.3 is 4.74 Å². The molecular weight excluding hydrogens is 442 g/mol. The quantitative estimate of drug-likeness (QED) is 0.361. The average Bonchev–Trinajstić information content (AvgIpc) is 3.37. The fourth-order valence-electron chi connectivity index (χ4n) is 4.08. The molecule has 8 nitrogen and oxygen atoms in total. The number of benzene rings is 2. The van der Waals surface area contributed by atoms with E-state index in [0.717, 1.165) is 16.9 Å². The highest BCUT2D eigenvalue weighted by atomic mass is 35.5. The van der Waals surface area contributed by atoms with Crippen LogP contribution in [-0.4, -0.2) is 36.3 Å². The van der Waals surface area contributed by atoms with Gasteiger partial charge >= 0.3 is 5.69 Å². The van der Waals surface area contributed by atoms with Crippen molar-refractivity contribution >= 4 is 28.5 Å². The minimum absolute atomic E-state index is 0.170. The van der Waals surface area contributed by atoms with E-state index in [1.807, 2.05) is 66.2 Å². The Bertz CT molecular complexity index is 1590. The second-order valence-electron chi connectivity index (χ2n) is 7.64. The molecule has 5 aromatic rings. The van der Waals surface area contributed by atoms with Gasteiger partial charge in [-0.1, -0.05) is 48.0 Å². The third kappa shape index (κ3) is 3.48. The molecule has 0 bridgehead atoms. The first-order valence-corrected chi connectivity index (χ1v) is 11.0. The lowest BCUT2D eigenvalue weighted by molar-refractivity contribution is 0.137. The lowest BCUT2D eigenvalue weighted by Gasteiger charge is -2.09. The summed E-state index contributed by atoms with van der Waals surface area (Å²) < 4.78 is 11.7. The first-order chi connectivity index (χ1) is 16.0. The van der Waals surface area contributed by atoms with E-state index >= 15 is 0 Å². The van der Waals surface area contributed by atoms with Crippen LogP contribution in [0.1, 0.15) is 6.92 Å². The van der Waals surface area contributed by atoms with Crippen molar-refractivity contribution in [1.29, 1.82) is 0 Å². The van der Waals surface area contributed by atoms with Crippen LogP contribution in [0.25, 0.3) is 33.9 Å². The average molecular weight is 464 g/mol. The van der Waals surface area contributed by atoms with Crippen molar-refractivity contribution < 1.29 is 4.74 Å². The number of aromatic nitrogens is 5. The Morgan fingerprint density at radius 1 is 1.06 bits per heavy atom. The molecule has 0 aliphatic rings. The molecule has 33 heavy (non-hydrogen) atoms. The van der Waals surface area contributed by atoms with Crippen molar-refractivity contribution in [3.8, 4) is 16.9 Å².